The van der Waals surface area contributed by atoms with Crippen LogP contribution in [0.4, 0.5) is 22.0 Å². The molecular weight excluding hydrogens is 763 g/mol. The fraction of sp³-hybridized carbons (Fsp3) is 0.333. The Morgan fingerprint density at radius 2 is 1.44 bits per heavy atom. The van der Waals surface area contributed by atoms with Crippen molar-refractivity contribution in [3.63, 3.8) is 0 Å². The van der Waals surface area contributed by atoms with Gasteiger partial charge in [0.05, 0.1) is 13.2 Å². The number of carboxylic acid groups (broad SMARTS) is 1. The van der Waals surface area contributed by atoms with E-state index in [1.54, 1.807) is 0 Å². The van der Waals surface area contributed by atoms with E-state index in [-0.39, 0.29) is 28.3 Å². The van der Waals surface area contributed by atoms with Gasteiger partial charge in [0.25, 0.3) is 11.8 Å². The third kappa shape index (κ3) is 12.9. The summed E-state index contributed by atoms with van der Waals surface area (Å²) in [7, 11) is 1.35. The molecule has 0 aromatic heterocycles. The van der Waals surface area contributed by atoms with E-state index in [9.17, 15) is 50.7 Å². The summed E-state index contributed by atoms with van der Waals surface area (Å²) in [6.07, 6.45) is -5.28. The fourth-order valence-electron chi connectivity index (χ4n) is 4.89. The number of alkyl halides is 5. The van der Waals surface area contributed by atoms with Crippen LogP contribution in [0.1, 0.15) is 41.4 Å². The van der Waals surface area contributed by atoms with Crippen molar-refractivity contribution in [3.05, 3.63) is 94.5 Å². The normalized spacial score (nSPS) is 13.1. The molecule has 0 aliphatic rings. The molecule has 55 heavy (non-hydrogen) atoms. The molecule has 0 aliphatic heterocycles. The molecule has 0 aliphatic carbocycles. The first-order valence-corrected chi connectivity index (χ1v) is 16.6. The number of carboxylic acids is 1. The summed E-state index contributed by atoms with van der Waals surface area (Å²) in [6.45, 7) is -0.308. The number of ketones is 1. The van der Waals surface area contributed by atoms with Crippen LogP contribution in [0.25, 0.3) is 0 Å². The molecule has 2 unspecified atom stereocenters. The van der Waals surface area contributed by atoms with E-state index in [1.807, 2.05) is 0 Å². The predicted molar refractivity (Wildman–Crippen MR) is 186 cm³/mol. The Hall–Kier alpha value is -5.78. The van der Waals surface area contributed by atoms with Crippen LogP contribution < -0.4 is 30.7 Å². The lowest BCUT2D eigenvalue weighted by molar-refractivity contribution is -0.165. The molecule has 0 fully saturated rings. The van der Waals surface area contributed by atoms with Gasteiger partial charge in [-0.3, -0.25) is 24.0 Å². The van der Waals surface area contributed by atoms with E-state index in [2.05, 4.69) is 16.0 Å². The van der Waals surface area contributed by atoms with E-state index >= 15 is 0 Å². The molecule has 3 aromatic rings. The van der Waals surface area contributed by atoms with Crippen molar-refractivity contribution in [3.8, 4) is 11.5 Å². The monoisotopic (exact) mass is 798 g/mol. The molecule has 3 atom stereocenters. The van der Waals surface area contributed by atoms with Crippen molar-refractivity contribution in [2.75, 3.05) is 20.3 Å². The van der Waals surface area contributed by atoms with Crippen molar-refractivity contribution >= 4 is 47.0 Å². The number of rotatable bonds is 18. The molecular formula is C36H36ClF5N4O9. The highest BCUT2D eigenvalue weighted by molar-refractivity contribution is 6.31. The number of halogens is 6. The van der Waals surface area contributed by atoms with Crippen molar-refractivity contribution in [1.82, 2.24) is 21.3 Å². The smallest absolute Gasteiger partial charge is 0.405 e. The molecule has 0 saturated heterocycles. The standard InChI is InChI=1S/C36H36ClF5N4O9/c1-19(2)28(30(49)36(41,42)34(53)43-18-35(38,39)40)45-33(52)29(21-9-13-24(54-3)14-10-21)46-32(51)26(44-31(50)22-5-4-6-23(37)16-22)15-20-7-11-25(12-8-20)55-17-27(47)48/h4-14,16,19,26,28-29H,15,17-18H2,1-3H3,(H,43,53)(H,44,50)(H,45,52)(H,46,51)(H,47,48)/t26?,28-,29?/m0/s1. The minimum Gasteiger partial charge on any atom is -0.497 e. The van der Waals surface area contributed by atoms with Gasteiger partial charge in [-0.25, -0.2) is 4.79 Å². The van der Waals surface area contributed by atoms with Gasteiger partial charge >= 0.3 is 18.1 Å². The number of amides is 4. The number of ether oxygens (including phenoxy) is 2. The highest BCUT2D eigenvalue weighted by atomic mass is 35.5. The van der Waals surface area contributed by atoms with Gasteiger partial charge in [0, 0.05) is 17.0 Å². The van der Waals surface area contributed by atoms with Gasteiger partial charge in [-0.05, 0) is 59.5 Å². The molecule has 3 aromatic carbocycles. The molecule has 0 heterocycles. The van der Waals surface area contributed by atoms with E-state index < -0.39 is 84.7 Å². The minimum atomic E-state index is -5.06. The quantitative estimate of drug-likeness (QED) is 0.0935. The van der Waals surface area contributed by atoms with Crippen LogP contribution in [-0.2, 0) is 30.4 Å². The Morgan fingerprint density at radius 1 is 0.818 bits per heavy atom. The number of hydrogen-bond donors (Lipinski definition) is 5. The lowest BCUT2D eigenvalue weighted by atomic mass is 9.94. The third-order valence-corrected chi connectivity index (χ3v) is 7.96. The maximum absolute atomic E-state index is 14.9. The molecule has 13 nitrogen and oxygen atoms in total. The molecule has 0 saturated carbocycles. The van der Waals surface area contributed by atoms with Crippen LogP contribution in [0.15, 0.2) is 72.8 Å². The summed E-state index contributed by atoms with van der Waals surface area (Å²) in [5.41, 5.74) is 0.526. The van der Waals surface area contributed by atoms with Crippen molar-refractivity contribution in [2.24, 2.45) is 5.92 Å². The lowest BCUT2D eigenvalue weighted by Gasteiger charge is -2.28. The van der Waals surface area contributed by atoms with E-state index in [4.69, 9.17) is 26.2 Å². The van der Waals surface area contributed by atoms with E-state index in [0.717, 1.165) is 5.32 Å². The Morgan fingerprint density at radius 3 is 1.98 bits per heavy atom. The predicted octanol–water partition coefficient (Wildman–Crippen LogP) is 4.03. The largest absolute Gasteiger partial charge is 0.497 e. The second-order valence-electron chi connectivity index (χ2n) is 12.2. The zero-order valence-corrected chi connectivity index (χ0v) is 30.1. The fourth-order valence-corrected chi connectivity index (χ4v) is 5.08. The third-order valence-electron chi connectivity index (χ3n) is 7.72. The molecule has 19 heteroatoms. The summed E-state index contributed by atoms with van der Waals surface area (Å²) in [6, 6.07) is 11.7. The summed E-state index contributed by atoms with van der Waals surface area (Å²) >= 11 is 6.04. The van der Waals surface area contributed by atoms with E-state index in [1.165, 1.54) is 93.8 Å². The van der Waals surface area contributed by atoms with Gasteiger partial charge in [-0.1, -0.05) is 55.8 Å². The van der Waals surface area contributed by atoms with Gasteiger partial charge < -0.3 is 35.8 Å². The highest BCUT2D eigenvalue weighted by Crippen LogP contribution is 2.24. The van der Waals surface area contributed by atoms with Crippen LogP contribution in [0.3, 0.4) is 0 Å². The van der Waals surface area contributed by atoms with Gasteiger partial charge in [0.15, 0.2) is 6.61 Å². The number of aliphatic carboxylic acids is 1. The number of hydrogen-bond acceptors (Lipinski definition) is 8. The number of carbonyl (C=O) groups excluding carboxylic acids is 5. The van der Waals surface area contributed by atoms with Crippen LogP contribution in [0, 0.1) is 5.92 Å². The number of carbonyl (C=O) groups is 6. The zero-order valence-electron chi connectivity index (χ0n) is 29.3. The maximum atomic E-state index is 14.9. The van der Waals surface area contributed by atoms with E-state index in [0.29, 0.717) is 11.3 Å². The maximum Gasteiger partial charge on any atom is 0.405 e. The van der Waals surface area contributed by atoms with Crippen LogP contribution >= 0.6 is 11.6 Å². The van der Waals surface area contributed by atoms with Crippen LogP contribution in [0.2, 0.25) is 5.02 Å². The minimum absolute atomic E-state index is 0.0381. The molecule has 0 radical (unpaired) electrons. The SMILES string of the molecule is COc1ccc(C(NC(=O)C(Cc2ccc(OCC(=O)O)cc2)NC(=O)c2cccc(Cl)c2)C(=O)N[C@H](C(=O)C(F)(F)C(=O)NCC(F)(F)F)C(C)C)cc1. The summed E-state index contributed by atoms with van der Waals surface area (Å²) in [4.78, 5) is 77.0. The highest BCUT2D eigenvalue weighted by Gasteiger charge is 2.52. The van der Waals surface area contributed by atoms with Crippen molar-refractivity contribution in [2.45, 2.75) is 50.5 Å². The lowest BCUT2D eigenvalue weighted by Crippen LogP contribution is -2.58. The van der Waals surface area contributed by atoms with Crippen LogP contribution in [-0.4, -0.2) is 84.9 Å². The molecule has 0 spiro atoms. The number of Topliss-reactive ketones (excluding diaryl/α,β-unsaturated/α-hetero) is 1. The zero-order chi connectivity index (χ0) is 41.1. The van der Waals surface area contributed by atoms with Gasteiger partial charge in [0.2, 0.25) is 17.6 Å². The summed E-state index contributed by atoms with van der Waals surface area (Å²) in [5.74, 6) is -14.6. The second kappa shape index (κ2) is 19.0. The Balaban J connectivity index is 1.97. The average molecular weight is 799 g/mol. The van der Waals surface area contributed by atoms with Gasteiger partial charge in [0.1, 0.15) is 30.1 Å². The van der Waals surface area contributed by atoms with Gasteiger partial charge in [-0.15, -0.1) is 0 Å². The first-order valence-electron chi connectivity index (χ1n) is 16.2. The Kier molecular flexibility index (Phi) is 15.1. The number of methoxy groups -OCH3 is 1. The summed E-state index contributed by atoms with van der Waals surface area (Å²) < 4.78 is 77.9. The molecule has 4 amide bonds. The second-order valence-corrected chi connectivity index (χ2v) is 12.7. The van der Waals surface area contributed by atoms with Crippen molar-refractivity contribution < 1.29 is 65.3 Å². The number of benzene rings is 3. The number of nitrogens with one attached hydrogen (secondary N) is 4. The van der Waals surface area contributed by atoms with Crippen LogP contribution in [0.5, 0.6) is 11.5 Å². The van der Waals surface area contributed by atoms with Crippen molar-refractivity contribution in [1.29, 1.82) is 0 Å². The van der Waals surface area contributed by atoms with Gasteiger partial charge in [-0.2, -0.15) is 22.0 Å². The molecule has 3 rings (SSSR count). The first-order chi connectivity index (χ1) is 25.7. The Bertz CT molecular complexity index is 1860. The molecule has 5 N–H and O–H groups in total. The topological polar surface area (TPSA) is 189 Å². The molecule has 0 bridgehead atoms. The molecule has 296 valence electrons. The first kappa shape index (κ1) is 43.6. The Labute approximate surface area is 315 Å². The average Bonchev–Trinajstić information content (AvgIpc) is 3.13. The summed E-state index contributed by atoms with van der Waals surface area (Å²) in [5, 5.41) is 17.2.